The summed E-state index contributed by atoms with van der Waals surface area (Å²) in [6.45, 7) is 0. The number of ether oxygens (including phenoxy) is 1. The van der Waals surface area contributed by atoms with Gasteiger partial charge in [-0.1, -0.05) is 11.6 Å². The maximum absolute atomic E-state index is 12.8. The van der Waals surface area contributed by atoms with E-state index in [4.69, 9.17) is 22.1 Å². The van der Waals surface area contributed by atoms with Crippen LogP contribution in [-0.2, 0) is 0 Å². The molecular weight excluding hydrogens is 217 g/mol. The van der Waals surface area contributed by atoms with E-state index in [0.717, 1.165) is 19.3 Å². The van der Waals surface area contributed by atoms with Crippen molar-refractivity contribution in [2.75, 3.05) is 0 Å². The number of halogens is 2. The van der Waals surface area contributed by atoms with Gasteiger partial charge in [0.1, 0.15) is 17.7 Å². The summed E-state index contributed by atoms with van der Waals surface area (Å²) < 4.78 is 18.4. The molecule has 0 bridgehead atoms. The lowest BCUT2D eigenvalue weighted by Gasteiger charge is -2.18. The molecule has 0 aromatic heterocycles. The van der Waals surface area contributed by atoms with Crippen LogP contribution in [0.3, 0.4) is 0 Å². The first-order valence-electron chi connectivity index (χ1n) is 5.04. The van der Waals surface area contributed by atoms with E-state index in [-0.39, 0.29) is 18.0 Å². The van der Waals surface area contributed by atoms with Crippen LogP contribution in [0.1, 0.15) is 19.3 Å². The fraction of sp³-hybridized carbons (Fsp3) is 0.455. The van der Waals surface area contributed by atoms with Crippen LogP contribution in [0.25, 0.3) is 0 Å². The zero-order chi connectivity index (χ0) is 10.8. The van der Waals surface area contributed by atoms with Crippen molar-refractivity contribution >= 4 is 11.6 Å². The van der Waals surface area contributed by atoms with Gasteiger partial charge < -0.3 is 10.5 Å². The lowest BCUT2D eigenvalue weighted by molar-refractivity contribution is 0.191. The number of benzene rings is 1. The normalized spacial score (nSPS) is 25.5. The summed E-state index contributed by atoms with van der Waals surface area (Å²) in [5.74, 6) is 0.156. The Morgan fingerprint density at radius 1 is 1.40 bits per heavy atom. The summed E-state index contributed by atoms with van der Waals surface area (Å²) in [5.41, 5.74) is 5.86. The van der Waals surface area contributed by atoms with Crippen molar-refractivity contribution in [1.82, 2.24) is 0 Å². The van der Waals surface area contributed by atoms with Gasteiger partial charge in [-0.2, -0.15) is 0 Å². The quantitative estimate of drug-likeness (QED) is 0.847. The Bertz CT molecular complexity index is 358. The molecule has 0 amide bonds. The molecule has 2 unspecified atom stereocenters. The summed E-state index contributed by atoms with van der Waals surface area (Å²) in [5, 5.41) is 0.300. The van der Waals surface area contributed by atoms with Crippen LogP contribution >= 0.6 is 11.6 Å². The Morgan fingerprint density at radius 3 is 2.80 bits per heavy atom. The first kappa shape index (κ1) is 10.7. The maximum atomic E-state index is 12.8. The third kappa shape index (κ3) is 2.41. The van der Waals surface area contributed by atoms with E-state index >= 15 is 0 Å². The van der Waals surface area contributed by atoms with Crippen LogP contribution in [0.15, 0.2) is 18.2 Å². The molecule has 1 aliphatic carbocycles. The van der Waals surface area contributed by atoms with Gasteiger partial charge in [-0.3, -0.25) is 0 Å². The average molecular weight is 230 g/mol. The minimum absolute atomic E-state index is 0.00737. The zero-order valence-corrected chi connectivity index (χ0v) is 9.01. The molecule has 2 atom stereocenters. The molecule has 1 aliphatic rings. The van der Waals surface area contributed by atoms with Crippen LogP contribution < -0.4 is 10.5 Å². The van der Waals surface area contributed by atoms with Crippen molar-refractivity contribution in [2.45, 2.75) is 31.4 Å². The Balaban J connectivity index is 2.10. The Hall–Kier alpha value is -0.800. The van der Waals surface area contributed by atoms with Gasteiger partial charge in [0.15, 0.2) is 0 Å². The van der Waals surface area contributed by atoms with Crippen molar-refractivity contribution < 1.29 is 9.13 Å². The largest absolute Gasteiger partial charge is 0.487 e. The summed E-state index contributed by atoms with van der Waals surface area (Å²) in [4.78, 5) is 0. The highest BCUT2D eigenvalue weighted by Crippen LogP contribution is 2.29. The molecule has 2 rings (SSSR count). The van der Waals surface area contributed by atoms with Crippen molar-refractivity contribution in [3.05, 3.63) is 29.0 Å². The fourth-order valence-corrected chi connectivity index (χ4v) is 2.05. The highest BCUT2D eigenvalue weighted by Gasteiger charge is 2.26. The number of rotatable bonds is 2. The molecule has 15 heavy (non-hydrogen) atoms. The van der Waals surface area contributed by atoms with E-state index in [0.29, 0.717) is 10.8 Å². The van der Waals surface area contributed by atoms with Gasteiger partial charge >= 0.3 is 0 Å². The average Bonchev–Trinajstić information content (AvgIpc) is 2.57. The summed E-state index contributed by atoms with van der Waals surface area (Å²) in [6, 6.07) is 4.19. The molecule has 1 saturated carbocycles. The molecule has 1 fully saturated rings. The van der Waals surface area contributed by atoms with Crippen LogP contribution in [0.4, 0.5) is 4.39 Å². The SMILES string of the molecule is NC1CCCC1Oc1ccc(F)cc1Cl. The summed E-state index contributed by atoms with van der Waals surface area (Å²) in [7, 11) is 0. The van der Waals surface area contributed by atoms with Gasteiger partial charge in [0.05, 0.1) is 5.02 Å². The predicted octanol–water partition coefficient (Wildman–Crippen LogP) is 2.74. The first-order chi connectivity index (χ1) is 7.16. The van der Waals surface area contributed by atoms with E-state index in [1.165, 1.54) is 12.1 Å². The minimum Gasteiger partial charge on any atom is -0.487 e. The third-order valence-electron chi connectivity index (χ3n) is 2.68. The van der Waals surface area contributed by atoms with Crippen LogP contribution in [0.2, 0.25) is 5.02 Å². The van der Waals surface area contributed by atoms with Crippen molar-refractivity contribution in [3.63, 3.8) is 0 Å². The fourth-order valence-electron chi connectivity index (χ4n) is 1.83. The predicted molar refractivity (Wildman–Crippen MR) is 57.7 cm³/mol. The van der Waals surface area contributed by atoms with E-state index in [1.807, 2.05) is 0 Å². The second kappa shape index (κ2) is 4.37. The number of hydrogen-bond donors (Lipinski definition) is 1. The highest BCUT2D eigenvalue weighted by atomic mass is 35.5. The van der Waals surface area contributed by atoms with Gasteiger partial charge in [0.2, 0.25) is 0 Å². The number of nitrogens with two attached hydrogens (primary N) is 1. The molecule has 0 aliphatic heterocycles. The lowest BCUT2D eigenvalue weighted by Crippen LogP contribution is -2.33. The molecule has 82 valence electrons. The topological polar surface area (TPSA) is 35.2 Å². The van der Waals surface area contributed by atoms with Gasteiger partial charge in [-0.05, 0) is 37.5 Å². The standard InChI is InChI=1S/C11H13ClFNO/c12-8-6-7(13)4-5-10(8)15-11-3-1-2-9(11)14/h4-6,9,11H,1-3,14H2. The maximum Gasteiger partial charge on any atom is 0.138 e. The van der Waals surface area contributed by atoms with Gasteiger partial charge in [-0.25, -0.2) is 4.39 Å². The Morgan fingerprint density at radius 2 is 2.20 bits per heavy atom. The summed E-state index contributed by atoms with van der Waals surface area (Å²) in [6.07, 6.45) is 3.00. The first-order valence-corrected chi connectivity index (χ1v) is 5.42. The molecule has 1 aromatic rings. The molecule has 2 N–H and O–H groups in total. The van der Waals surface area contributed by atoms with E-state index < -0.39 is 0 Å². The van der Waals surface area contributed by atoms with Crippen molar-refractivity contribution in [3.8, 4) is 5.75 Å². The molecular formula is C11H13ClFNO. The third-order valence-corrected chi connectivity index (χ3v) is 2.97. The Labute approximate surface area is 93.2 Å². The zero-order valence-electron chi connectivity index (χ0n) is 8.25. The van der Waals surface area contributed by atoms with Gasteiger partial charge in [0.25, 0.3) is 0 Å². The van der Waals surface area contributed by atoms with E-state index in [2.05, 4.69) is 0 Å². The molecule has 2 nitrogen and oxygen atoms in total. The number of hydrogen-bond acceptors (Lipinski definition) is 2. The molecule has 0 saturated heterocycles. The molecule has 0 radical (unpaired) electrons. The van der Waals surface area contributed by atoms with Crippen molar-refractivity contribution in [1.29, 1.82) is 0 Å². The molecule has 0 heterocycles. The van der Waals surface area contributed by atoms with Crippen molar-refractivity contribution in [2.24, 2.45) is 5.73 Å². The summed E-state index contributed by atoms with van der Waals surface area (Å²) >= 11 is 5.85. The second-order valence-corrected chi connectivity index (χ2v) is 4.23. The lowest BCUT2D eigenvalue weighted by atomic mass is 10.2. The smallest absolute Gasteiger partial charge is 0.138 e. The van der Waals surface area contributed by atoms with E-state index in [1.54, 1.807) is 6.07 Å². The van der Waals surface area contributed by atoms with Gasteiger partial charge in [0, 0.05) is 6.04 Å². The molecule has 4 heteroatoms. The minimum atomic E-state index is -0.358. The van der Waals surface area contributed by atoms with Crippen LogP contribution in [-0.4, -0.2) is 12.1 Å². The van der Waals surface area contributed by atoms with E-state index in [9.17, 15) is 4.39 Å². The van der Waals surface area contributed by atoms with Crippen LogP contribution in [0, 0.1) is 5.82 Å². The second-order valence-electron chi connectivity index (χ2n) is 3.83. The van der Waals surface area contributed by atoms with Gasteiger partial charge in [-0.15, -0.1) is 0 Å². The highest BCUT2D eigenvalue weighted by molar-refractivity contribution is 6.32. The van der Waals surface area contributed by atoms with Crippen LogP contribution in [0.5, 0.6) is 5.75 Å². The Kier molecular flexibility index (Phi) is 3.12. The monoisotopic (exact) mass is 229 g/mol. The molecule has 0 spiro atoms. The molecule has 1 aromatic carbocycles.